The first-order valence-electron chi connectivity index (χ1n) is 7.25. The van der Waals surface area contributed by atoms with Gasteiger partial charge >= 0.3 is 0 Å². The molecule has 2 rings (SSSR count). The summed E-state index contributed by atoms with van der Waals surface area (Å²) in [5, 5.41) is 2.93. The first kappa shape index (κ1) is 15.3. The van der Waals surface area contributed by atoms with Crippen LogP contribution >= 0.6 is 0 Å². The molecule has 0 atom stereocenters. The molecule has 0 aliphatic carbocycles. The lowest BCUT2D eigenvalue weighted by molar-refractivity contribution is 0.0954. The minimum absolute atomic E-state index is 0.0355. The van der Waals surface area contributed by atoms with E-state index in [0.717, 1.165) is 17.9 Å². The second-order valence-corrected chi connectivity index (χ2v) is 6.33. The highest BCUT2D eigenvalue weighted by molar-refractivity contribution is 5.94. The van der Waals surface area contributed by atoms with Crippen LogP contribution in [-0.2, 0) is 11.8 Å². The van der Waals surface area contributed by atoms with Gasteiger partial charge in [0.05, 0.1) is 0 Å². The van der Waals surface area contributed by atoms with Crippen LogP contribution in [0.4, 0.5) is 0 Å². The van der Waals surface area contributed by atoms with Gasteiger partial charge < -0.3 is 10.3 Å². The van der Waals surface area contributed by atoms with E-state index in [9.17, 15) is 4.79 Å². The molecule has 0 aliphatic heterocycles. The average Bonchev–Trinajstić information content (AvgIpc) is 2.83. The van der Waals surface area contributed by atoms with E-state index >= 15 is 0 Å². The summed E-state index contributed by atoms with van der Waals surface area (Å²) in [5.41, 5.74) is 3.07. The summed E-state index contributed by atoms with van der Waals surface area (Å²) >= 11 is 0. The van der Waals surface area contributed by atoms with E-state index in [1.807, 2.05) is 31.2 Å². The van der Waals surface area contributed by atoms with Crippen LogP contribution in [0.2, 0.25) is 0 Å². The van der Waals surface area contributed by atoms with Gasteiger partial charge in [0.1, 0.15) is 5.82 Å². The number of carbonyl (C=O) groups excluding carboxylic acids is 1. The molecule has 0 unspecified atom stereocenters. The molecule has 4 nitrogen and oxygen atoms in total. The van der Waals surface area contributed by atoms with E-state index in [1.54, 1.807) is 6.20 Å². The van der Waals surface area contributed by atoms with Crippen molar-refractivity contribution >= 4 is 5.91 Å². The van der Waals surface area contributed by atoms with Crippen LogP contribution in [0, 0.1) is 6.92 Å². The van der Waals surface area contributed by atoms with Gasteiger partial charge in [-0.3, -0.25) is 4.79 Å². The van der Waals surface area contributed by atoms with Gasteiger partial charge in [-0.1, -0.05) is 32.9 Å². The summed E-state index contributed by atoms with van der Waals surface area (Å²) < 4.78 is 0. The number of H-pyrrole nitrogens is 1. The molecule has 1 heterocycles. The Hall–Kier alpha value is -2.10. The Morgan fingerprint density at radius 3 is 2.43 bits per heavy atom. The first-order valence-corrected chi connectivity index (χ1v) is 7.25. The zero-order valence-corrected chi connectivity index (χ0v) is 13.2. The number of nitrogens with one attached hydrogen (secondary N) is 2. The van der Waals surface area contributed by atoms with Crippen molar-refractivity contribution in [3.8, 4) is 0 Å². The van der Waals surface area contributed by atoms with Crippen molar-refractivity contribution < 1.29 is 4.79 Å². The normalized spacial score (nSPS) is 11.4. The molecule has 0 fully saturated rings. The minimum atomic E-state index is -0.0355. The summed E-state index contributed by atoms with van der Waals surface area (Å²) in [4.78, 5) is 19.4. The van der Waals surface area contributed by atoms with E-state index in [4.69, 9.17) is 0 Å². The van der Waals surface area contributed by atoms with Crippen LogP contribution in [0.3, 0.4) is 0 Å². The SMILES string of the molecule is Cc1ncc(CCNC(=O)c2ccc(C(C)(C)C)cc2)[nH]1. The number of aromatic amines is 1. The Morgan fingerprint density at radius 1 is 1.24 bits per heavy atom. The fourth-order valence-corrected chi connectivity index (χ4v) is 2.13. The molecule has 21 heavy (non-hydrogen) atoms. The standard InChI is InChI=1S/C17H23N3O/c1-12-19-11-15(20-12)9-10-18-16(21)13-5-7-14(8-6-13)17(2,3)4/h5-8,11H,9-10H2,1-4H3,(H,18,21)(H,19,20). The van der Waals surface area contributed by atoms with Crippen molar-refractivity contribution in [3.63, 3.8) is 0 Å². The van der Waals surface area contributed by atoms with Crippen molar-refractivity contribution in [2.75, 3.05) is 6.54 Å². The summed E-state index contributed by atoms with van der Waals surface area (Å²) in [7, 11) is 0. The second kappa shape index (κ2) is 6.12. The maximum atomic E-state index is 12.1. The van der Waals surface area contributed by atoms with E-state index in [-0.39, 0.29) is 11.3 Å². The molecule has 4 heteroatoms. The number of aromatic nitrogens is 2. The van der Waals surface area contributed by atoms with Crippen molar-refractivity contribution in [1.29, 1.82) is 0 Å². The van der Waals surface area contributed by atoms with Crippen LogP contribution in [0.1, 0.15) is 48.2 Å². The van der Waals surface area contributed by atoms with Gasteiger partial charge in [0.15, 0.2) is 0 Å². The molecular formula is C17H23N3O. The molecule has 0 spiro atoms. The molecule has 112 valence electrons. The minimum Gasteiger partial charge on any atom is -0.352 e. The van der Waals surface area contributed by atoms with Crippen molar-refractivity contribution in [3.05, 3.63) is 53.1 Å². The summed E-state index contributed by atoms with van der Waals surface area (Å²) in [5.74, 6) is 0.862. The Labute approximate surface area is 126 Å². The summed E-state index contributed by atoms with van der Waals surface area (Å²) in [6, 6.07) is 7.81. The van der Waals surface area contributed by atoms with Crippen LogP contribution in [-0.4, -0.2) is 22.4 Å². The third-order valence-electron chi connectivity index (χ3n) is 3.45. The lowest BCUT2D eigenvalue weighted by Crippen LogP contribution is -2.25. The topological polar surface area (TPSA) is 57.8 Å². The third kappa shape index (κ3) is 4.18. The fraction of sp³-hybridized carbons (Fsp3) is 0.412. The lowest BCUT2D eigenvalue weighted by atomic mass is 9.87. The molecule has 1 aromatic carbocycles. The maximum absolute atomic E-state index is 12.1. The van der Waals surface area contributed by atoms with Gasteiger partial charge in [0.2, 0.25) is 0 Å². The smallest absolute Gasteiger partial charge is 0.251 e. The van der Waals surface area contributed by atoms with E-state index in [2.05, 4.69) is 36.1 Å². The van der Waals surface area contributed by atoms with Crippen LogP contribution < -0.4 is 5.32 Å². The number of hydrogen-bond donors (Lipinski definition) is 2. The molecule has 1 amide bonds. The van der Waals surface area contributed by atoms with Crippen molar-refractivity contribution in [2.45, 2.75) is 39.5 Å². The van der Waals surface area contributed by atoms with E-state index in [1.165, 1.54) is 5.56 Å². The predicted octanol–water partition coefficient (Wildman–Crippen LogP) is 2.99. The van der Waals surface area contributed by atoms with Gasteiger partial charge in [-0.05, 0) is 30.0 Å². The first-order chi connectivity index (χ1) is 9.86. The maximum Gasteiger partial charge on any atom is 0.251 e. The number of benzene rings is 1. The molecule has 0 aliphatic rings. The fourth-order valence-electron chi connectivity index (χ4n) is 2.13. The van der Waals surface area contributed by atoms with Crippen molar-refractivity contribution in [1.82, 2.24) is 15.3 Å². The van der Waals surface area contributed by atoms with Crippen molar-refractivity contribution in [2.24, 2.45) is 0 Å². The number of amides is 1. The average molecular weight is 285 g/mol. The number of carbonyl (C=O) groups is 1. The van der Waals surface area contributed by atoms with Gasteiger partial charge in [-0.15, -0.1) is 0 Å². The highest BCUT2D eigenvalue weighted by Crippen LogP contribution is 2.22. The predicted molar refractivity (Wildman–Crippen MR) is 84.5 cm³/mol. The number of hydrogen-bond acceptors (Lipinski definition) is 2. The molecule has 1 aromatic heterocycles. The molecule has 0 saturated heterocycles. The molecule has 0 radical (unpaired) electrons. The highest BCUT2D eigenvalue weighted by atomic mass is 16.1. The second-order valence-electron chi connectivity index (χ2n) is 6.33. The Morgan fingerprint density at radius 2 is 1.90 bits per heavy atom. The molecule has 2 N–H and O–H groups in total. The number of rotatable bonds is 4. The molecule has 0 bridgehead atoms. The molecule has 2 aromatic rings. The number of imidazole rings is 1. The lowest BCUT2D eigenvalue weighted by Gasteiger charge is -2.19. The quantitative estimate of drug-likeness (QED) is 0.907. The Kier molecular flexibility index (Phi) is 4.46. The van der Waals surface area contributed by atoms with Gasteiger partial charge in [0, 0.05) is 30.4 Å². The number of aryl methyl sites for hydroxylation is 1. The van der Waals surface area contributed by atoms with Crippen LogP contribution in [0.5, 0.6) is 0 Å². The van der Waals surface area contributed by atoms with E-state index < -0.39 is 0 Å². The Balaban J connectivity index is 1.88. The molecular weight excluding hydrogens is 262 g/mol. The van der Waals surface area contributed by atoms with Gasteiger partial charge in [-0.2, -0.15) is 0 Å². The van der Waals surface area contributed by atoms with Gasteiger partial charge in [-0.25, -0.2) is 4.98 Å². The molecule has 0 saturated carbocycles. The number of nitrogens with zero attached hydrogens (tertiary/aromatic N) is 1. The monoisotopic (exact) mass is 285 g/mol. The summed E-state index contributed by atoms with van der Waals surface area (Å²) in [6.07, 6.45) is 2.56. The highest BCUT2D eigenvalue weighted by Gasteiger charge is 2.14. The van der Waals surface area contributed by atoms with Gasteiger partial charge in [0.25, 0.3) is 5.91 Å². The summed E-state index contributed by atoms with van der Waals surface area (Å²) in [6.45, 7) is 9.00. The zero-order chi connectivity index (χ0) is 15.5. The Bertz CT molecular complexity index is 606. The zero-order valence-electron chi connectivity index (χ0n) is 13.2. The van der Waals surface area contributed by atoms with Crippen LogP contribution in [0.25, 0.3) is 0 Å². The van der Waals surface area contributed by atoms with Crippen LogP contribution in [0.15, 0.2) is 30.5 Å². The largest absolute Gasteiger partial charge is 0.352 e. The van der Waals surface area contributed by atoms with E-state index in [0.29, 0.717) is 12.1 Å². The third-order valence-corrected chi connectivity index (χ3v) is 3.45.